The van der Waals surface area contributed by atoms with E-state index in [0.717, 1.165) is 4.90 Å². The molecule has 0 radical (unpaired) electrons. The van der Waals surface area contributed by atoms with Crippen LogP contribution in [-0.2, 0) is 10.0 Å². The van der Waals surface area contributed by atoms with Gasteiger partial charge in [0.15, 0.2) is 0 Å². The average Bonchev–Trinajstić information content (AvgIpc) is 2.48. The van der Waals surface area contributed by atoms with Gasteiger partial charge >= 0.3 is 0 Å². The van der Waals surface area contributed by atoms with Crippen LogP contribution in [0, 0.1) is 0 Å². The average molecular weight is 310 g/mol. The van der Waals surface area contributed by atoms with E-state index in [1.54, 1.807) is 23.9 Å². The minimum Gasteiger partial charge on any atom is -0.308 e. The van der Waals surface area contributed by atoms with Gasteiger partial charge in [0.1, 0.15) is 5.82 Å². The summed E-state index contributed by atoms with van der Waals surface area (Å²) < 4.78 is 26.9. The van der Waals surface area contributed by atoms with Crippen molar-refractivity contribution in [1.82, 2.24) is 4.98 Å². The Kier molecular flexibility index (Phi) is 4.48. The van der Waals surface area contributed by atoms with Crippen molar-refractivity contribution in [3.05, 3.63) is 42.6 Å². The molecule has 1 aromatic heterocycles. The first-order valence-electron chi connectivity index (χ1n) is 5.65. The van der Waals surface area contributed by atoms with Crippen molar-refractivity contribution < 1.29 is 8.42 Å². The molecule has 1 aromatic carbocycles. The second kappa shape index (κ2) is 6.12. The molecule has 0 unspecified atom stereocenters. The zero-order valence-corrected chi connectivity index (χ0v) is 12.3. The lowest BCUT2D eigenvalue weighted by Crippen LogP contribution is -2.14. The molecule has 1 heterocycles. The SMILES string of the molecule is CSc1ccc(NS(=O)(=O)c2ccnc(NN)c2)cc1. The van der Waals surface area contributed by atoms with Crippen LogP contribution in [0.4, 0.5) is 11.5 Å². The largest absolute Gasteiger partial charge is 0.308 e. The van der Waals surface area contributed by atoms with Crippen LogP contribution in [0.15, 0.2) is 52.4 Å². The molecule has 0 saturated heterocycles. The van der Waals surface area contributed by atoms with Crippen LogP contribution in [0.25, 0.3) is 0 Å². The molecular weight excluding hydrogens is 296 g/mol. The van der Waals surface area contributed by atoms with Gasteiger partial charge in [0.05, 0.1) is 4.90 Å². The number of hydrazine groups is 1. The molecule has 0 atom stereocenters. The molecule has 0 aliphatic rings. The summed E-state index contributed by atoms with van der Waals surface area (Å²) >= 11 is 1.59. The van der Waals surface area contributed by atoms with Crippen molar-refractivity contribution in [2.24, 2.45) is 5.84 Å². The third-order valence-corrected chi connectivity index (χ3v) is 4.65. The number of thioether (sulfide) groups is 1. The van der Waals surface area contributed by atoms with Crippen molar-refractivity contribution in [3.63, 3.8) is 0 Å². The van der Waals surface area contributed by atoms with Crippen molar-refractivity contribution in [2.45, 2.75) is 9.79 Å². The summed E-state index contributed by atoms with van der Waals surface area (Å²) in [6, 6.07) is 9.89. The van der Waals surface area contributed by atoms with Gasteiger partial charge in [-0.2, -0.15) is 0 Å². The summed E-state index contributed by atoms with van der Waals surface area (Å²) in [4.78, 5) is 5.02. The highest BCUT2D eigenvalue weighted by molar-refractivity contribution is 7.98. The maximum Gasteiger partial charge on any atom is 0.262 e. The summed E-state index contributed by atoms with van der Waals surface area (Å²) in [7, 11) is -3.66. The van der Waals surface area contributed by atoms with Gasteiger partial charge in [-0.1, -0.05) is 0 Å². The van der Waals surface area contributed by atoms with E-state index in [4.69, 9.17) is 5.84 Å². The molecule has 0 saturated carbocycles. The maximum absolute atomic E-state index is 12.2. The Morgan fingerprint density at radius 3 is 2.50 bits per heavy atom. The fourth-order valence-electron chi connectivity index (χ4n) is 1.53. The quantitative estimate of drug-likeness (QED) is 0.443. The van der Waals surface area contributed by atoms with Gasteiger partial charge in [-0.3, -0.25) is 4.72 Å². The molecule has 0 bridgehead atoms. The molecule has 2 aromatic rings. The lowest BCUT2D eigenvalue weighted by atomic mass is 10.3. The Bertz CT molecular complexity index is 687. The van der Waals surface area contributed by atoms with Gasteiger partial charge in [0.25, 0.3) is 10.0 Å². The second-order valence-electron chi connectivity index (χ2n) is 3.86. The standard InChI is InChI=1S/C12H14N4O2S2/c1-19-10-4-2-9(3-5-10)16-20(17,18)11-6-7-14-12(8-11)15-13/h2-8,16H,13H2,1H3,(H,14,15). The lowest BCUT2D eigenvalue weighted by Gasteiger charge is -2.09. The number of nitrogen functional groups attached to an aromatic ring is 1. The third-order valence-electron chi connectivity index (χ3n) is 2.53. The predicted octanol–water partition coefficient (Wildman–Crippen LogP) is 1.89. The summed E-state index contributed by atoms with van der Waals surface area (Å²) in [5, 5.41) is 0. The topological polar surface area (TPSA) is 97.1 Å². The van der Waals surface area contributed by atoms with E-state index < -0.39 is 10.0 Å². The number of benzene rings is 1. The van der Waals surface area contributed by atoms with Crippen molar-refractivity contribution in [3.8, 4) is 0 Å². The number of pyridine rings is 1. The van der Waals surface area contributed by atoms with Gasteiger partial charge in [-0.05, 0) is 36.6 Å². The third kappa shape index (κ3) is 3.41. The van der Waals surface area contributed by atoms with E-state index in [9.17, 15) is 8.42 Å². The second-order valence-corrected chi connectivity index (χ2v) is 6.42. The van der Waals surface area contributed by atoms with Crippen LogP contribution < -0.4 is 16.0 Å². The summed E-state index contributed by atoms with van der Waals surface area (Å²) in [5.74, 6) is 5.50. The Morgan fingerprint density at radius 2 is 1.90 bits per heavy atom. The van der Waals surface area contributed by atoms with Gasteiger partial charge < -0.3 is 5.43 Å². The predicted molar refractivity (Wildman–Crippen MR) is 81.1 cm³/mol. The summed E-state index contributed by atoms with van der Waals surface area (Å²) in [6.45, 7) is 0. The molecule has 6 nitrogen and oxygen atoms in total. The minimum absolute atomic E-state index is 0.0920. The van der Waals surface area contributed by atoms with E-state index in [1.807, 2.05) is 18.4 Å². The van der Waals surface area contributed by atoms with Crippen molar-refractivity contribution in [2.75, 3.05) is 16.4 Å². The molecule has 2 rings (SSSR count). The van der Waals surface area contributed by atoms with Gasteiger partial charge in [-0.15, -0.1) is 11.8 Å². The van der Waals surface area contributed by atoms with E-state index in [2.05, 4.69) is 15.1 Å². The molecule has 0 aliphatic heterocycles. The smallest absolute Gasteiger partial charge is 0.262 e. The van der Waals surface area contributed by atoms with E-state index in [1.165, 1.54) is 18.3 Å². The number of hydrogen-bond acceptors (Lipinski definition) is 6. The number of nitrogens with zero attached hydrogens (tertiary/aromatic N) is 1. The first-order valence-corrected chi connectivity index (χ1v) is 8.35. The van der Waals surface area contributed by atoms with E-state index in [0.29, 0.717) is 5.69 Å². The number of hydrogen-bond donors (Lipinski definition) is 3. The number of sulfonamides is 1. The number of nitrogens with one attached hydrogen (secondary N) is 2. The molecule has 0 aliphatic carbocycles. The van der Waals surface area contributed by atoms with Crippen molar-refractivity contribution in [1.29, 1.82) is 0 Å². The monoisotopic (exact) mass is 310 g/mol. The molecule has 4 N–H and O–H groups in total. The Hall–Kier alpha value is -1.77. The molecule has 20 heavy (non-hydrogen) atoms. The highest BCUT2D eigenvalue weighted by Crippen LogP contribution is 2.20. The Labute approximate surface area is 121 Å². The molecule has 8 heteroatoms. The fraction of sp³-hybridized carbons (Fsp3) is 0.0833. The first-order chi connectivity index (χ1) is 9.55. The summed E-state index contributed by atoms with van der Waals surface area (Å²) in [6.07, 6.45) is 3.33. The lowest BCUT2D eigenvalue weighted by molar-refractivity contribution is 0.601. The van der Waals surface area contributed by atoms with Crippen molar-refractivity contribution >= 4 is 33.3 Å². The Morgan fingerprint density at radius 1 is 1.20 bits per heavy atom. The van der Waals surface area contributed by atoms with Crippen LogP contribution >= 0.6 is 11.8 Å². The van der Waals surface area contributed by atoms with E-state index in [-0.39, 0.29) is 10.7 Å². The zero-order valence-electron chi connectivity index (χ0n) is 10.7. The maximum atomic E-state index is 12.2. The van der Waals surface area contributed by atoms with Gasteiger partial charge in [0, 0.05) is 22.8 Å². The van der Waals surface area contributed by atoms with Gasteiger partial charge in [-0.25, -0.2) is 19.2 Å². The first kappa shape index (κ1) is 14.6. The van der Waals surface area contributed by atoms with Crippen LogP contribution in [0.5, 0.6) is 0 Å². The number of rotatable bonds is 5. The fourth-order valence-corrected chi connectivity index (χ4v) is 3.01. The van der Waals surface area contributed by atoms with Crippen LogP contribution in [0.3, 0.4) is 0 Å². The molecule has 0 fully saturated rings. The number of nitrogens with two attached hydrogens (primary N) is 1. The molecule has 0 amide bonds. The molecular formula is C12H14N4O2S2. The highest BCUT2D eigenvalue weighted by Gasteiger charge is 2.14. The number of anilines is 2. The minimum atomic E-state index is -3.66. The molecule has 0 spiro atoms. The number of aromatic nitrogens is 1. The van der Waals surface area contributed by atoms with Crippen LogP contribution in [0.1, 0.15) is 0 Å². The van der Waals surface area contributed by atoms with Gasteiger partial charge in [0.2, 0.25) is 0 Å². The zero-order chi connectivity index (χ0) is 14.6. The summed E-state index contributed by atoms with van der Waals surface area (Å²) in [5.41, 5.74) is 2.81. The molecule has 106 valence electrons. The van der Waals surface area contributed by atoms with E-state index >= 15 is 0 Å². The van der Waals surface area contributed by atoms with Crippen LogP contribution in [0.2, 0.25) is 0 Å². The van der Waals surface area contributed by atoms with Crippen LogP contribution in [-0.4, -0.2) is 19.7 Å². The highest BCUT2D eigenvalue weighted by atomic mass is 32.2. The normalized spacial score (nSPS) is 11.1. The Balaban J connectivity index is 2.25.